The van der Waals surface area contributed by atoms with Crippen LogP contribution in [0, 0.1) is 0 Å². The first kappa shape index (κ1) is 9.64. The van der Waals surface area contributed by atoms with Crippen LogP contribution in [-0.2, 0) is 9.53 Å². The summed E-state index contributed by atoms with van der Waals surface area (Å²) in [6, 6.07) is 0.336. The first-order chi connectivity index (χ1) is 5.79. The summed E-state index contributed by atoms with van der Waals surface area (Å²) < 4.78 is 5.02. The van der Waals surface area contributed by atoms with Gasteiger partial charge in [0.25, 0.3) is 0 Å². The van der Waals surface area contributed by atoms with Crippen molar-refractivity contribution < 1.29 is 9.53 Å². The Morgan fingerprint density at radius 2 is 2.42 bits per heavy atom. The minimum atomic E-state index is -0.0336. The van der Waals surface area contributed by atoms with Gasteiger partial charge in [-0.2, -0.15) is 0 Å². The molecular formula is C8H16N2O2. The maximum atomic E-state index is 10.7. The van der Waals surface area contributed by atoms with Crippen LogP contribution in [0.5, 0.6) is 0 Å². The average molecular weight is 172 g/mol. The summed E-state index contributed by atoms with van der Waals surface area (Å²) in [4.78, 5) is 12.7. The lowest BCUT2D eigenvalue weighted by molar-refractivity contribution is -0.117. The number of aldehydes is 1. The number of carbonyl (C=O) groups excluding carboxylic acids is 1. The number of carbonyl (C=O) groups is 1. The van der Waals surface area contributed by atoms with Crippen molar-refractivity contribution in [1.82, 2.24) is 10.2 Å². The molecule has 0 aromatic rings. The fraction of sp³-hybridized carbons (Fsp3) is 0.875. The van der Waals surface area contributed by atoms with E-state index in [9.17, 15) is 4.79 Å². The third-order valence-electron chi connectivity index (χ3n) is 2.22. The van der Waals surface area contributed by atoms with Gasteiger partial charge in [-0.1, -0.05) is 0 Å². The second-order valence-electron chi connectivity index (χ2n) is 3.14. The first-order valence-corrected chi connectivity index (χ1v) is 4.20. The zero-order chi connectivity index (χ0) is 8.97. The summed E-state index contributed by atoms with van der Waals surface area (Å²) in [7, 11) is 1.65. The van der Waals surface area contributed by atoms with E-state index in [0.717, 1.165) is 19.4 Å². The molecule has 0 aromatic heterocycles. The quantitative estimate of drug-likeness (QED) is 0.580. The molecule has 0 radical (unpaired) electrons. The fourth-order valence-corrected chi connectivity index (χ4v) is 1.50. The van der Waals surface area contributed by atoms with Gasteiger partial charge in [0.05, 0.1) is 12.8 Å². The normalized spacial score (nSPS) is 31.8. The van der Waals surface area contributed by atoms with Crippen molar-refractivity contribution >= 4 is 6.29 Å². The highest BCUT2D eigenvalue weighted by molar-refractivity contribution is 5.58. The monoisotopic (exact) mass is 172 g/mol. The Bertz CT molecular complexity index is 152. The minimum Gasteiger partial charge on any atom is -0.369 e. The van der Waals surface area contributed by atoms with Crippen LogP contribution < -0.4 is 5.32 Å². The molecule has 0 aliphatic carbocycles. The van der Waals surface area contributed by atoms with E-state index < -0.39 is 0 Å². The third-order valence-corrected chi connectivity index (χ3v) is 2.22. The summed E-state index contributed by atoms with van der Waals surface area (Å²) in [5, 5.41) is 3.20. The highest BCUT2D eigenvalue weighted by Gasteiger charge is 2.26. The summed E-state index contributed by atoms with van der Waals surface area (Å²) >= 11 is 0. The lowest BCUT2D eigenvalue weighted by Gasteiger charge is -2.37. The molecule has 0 saturated carbocycles. The van der Waals surface area contributed by atoms with E-state index in [1.54, 1.807) is 7.11 Å². The SMILES string of the molecule is COCN1C(C)CNCC1C=O. The Morgan fingerprint density at radius 3 is 3.00 bits per heavy atom. The van der Waals surface area contributed by atoms with E-state index in [0.29, 0.717) is 12.8 Å². The molecule has 4 nitrogen and oxygen atoms in total. The fourth-order valence-electron chi connectivity index (χ4n) is 1.50. The van der Waals surface area contributed by atoms with Gasteiger partial charge >= 0.3 is 0 Å². The van der Waals surface area contributed by atoms with E-state index in [1.807, 2.05) is 0 Å². The van der Waals surface area contributed by atoms with Crippen LogP contribution in [0.1, 0.15) is 6.92 Å². The van der Waals surface area contributed by atoms with Crippen LogP contribution in [0.2, 0.25) is 0 Å². The predicted octanol–water partition coefficient (Wildman–Crippen LogP) is -0.548. The van der Waals surface area contributed by atoms with E-state index in [2.05, 4.69) is 17.1 Å². The molecule has 2 unspecified atom stereocenters. The molecule has 1 saturated heterocycles. The van der Waals surface area contributed by atoms with Gasteiger partial charge in [0.1, 0.15) is 6.29 Å². The third kappa shape index (κ3) is 2.03. The van der Waals surface area contributed by atoms with Crippen molar-refractivity contribution in [3.05, 3.63) is 0 Å². The summed E-state index contributed by atoms with van der Waals surface area (Å²) in [6.45, 7) is 4.28. The topological polar surface area (TPSA) is 41.6 Å². The van der Waals surface area contributed by atoms with Crippen LogP contribution in [-0.4, -0.2) is 50.2 Å². The second kappa shape index (κ2) is 4.54. The molecule has 1 aliphatic heterocycles. The average Bonchev–Trinajstić information content (AvgIpc) is 2.09. The van der Waals surface area contributed by atoms with Crippen LogP contribution >= 0.6 is 0 Å². The van der Waals surface area contributed by atoms with E-state index in [1.165, 1.54) is 0 Å². The van der Waals surface area contributed by atoms with Crippen LogP contribution in [0.4, 0.5) is 0 Å². The number of nitrogens with one attached hydrogen (secondary N) is 1. The molecule has 0 spiro atoms. The van der Waals surface area contributed by atoms with Gasteiger partial charge in [0.15, 0.2) is 0 Å². The Morgan fingerprint density at radius 1 is 1.67 bits per heavy atom. The standard InChI is InChI=1S/C8H16N2O2/c1-7-3-9-4-8(5-11)10(7)6-12-2/h5,7-9H,3-4,6H2,1-2H3. The van der Waals surface area contributed by atoms with Crippen molar-refractivity contribution in [3.8, 4) is 0 Å². The highest BCUT2D eigenvalue weighted by atomic mass is 16.5. The number of methoxy groups -OCH3 is 1. The molecular weight excluding hydrogens is 156 g/mol. The maximum Gasteiger partial charge on any atom is 0.138 e. The molecule has 0 bridgehead atoms. The van der Waals surface area contributed by atoms with Crippen molar-refractivity contribution in [2.45, 2.75) is 19.0 Å². The smallest absolute Gasteiger partial charge is 0.138 e. The van der Waals surface area contributed by atoms with Gasteiger partial charge < -0.3 is 14.8 Å². The highest BCUT2D eigenvalue weighted by Crippen LogP contribution is 2.07. The Kier molecular flexibility index (Phi) is 3.65. The number of nitrogens with zero attached hydrogens (tertiary/aromatic N) is 1. The lowest BCUT2D eigenvalue weighted by Crippen LogP contribution is -2.57. The number of hydrogen-bond acceptors (Lipinski definition) is 4. The van der Waals surface area contributed by atoms with Gasteiger partial charge in [0.2, 0.25) is 0 Å². The van der Waals surface area contributed by atoms with Crippen molar-refractivity contribution in [2.24, 2.45) is 0 Å². The zero-order valence-electron chi connectivity index (χ0n) is 7.62. The lowest BCUT2D eigenvalue weighted by atomic mass is 10.1. The maximum absolute atomic E-state index is 10.7. The predicted molar refractivity (Wildman–Crippen MR) is 45.9 cm³/mol. The largest absolute Gasteiger partial charge is 0.369 e. The Labute approximate surface area is 72.9 Å². The van der Waals surface area contributed by atoms with Crippen molar-refractivity contribution in [3.63, 3.8) is 0 Å². The van der Waals surface area contributed by atoms with Gasteiger partial charge in [-0.15, -0.1) is 0 Å². The van der Waals surface area contributed by atoms with Crippen LogP contribution in [0.25, 0.3) is 0 Å². The van der Waals surface area contributed by atoms with Crippen molar-refractivity contribution in [1.29, 1.82) is 0 Å². The molecule has 0 amide bonds. The number of ether oxygens (including phenoxy) is 1. The van der Waals surface area contributed by atoms with Gasteiger partial charge in [-0.25, -0.2) is 0 Å². The van der Waals surface area contributed by atoms with Crippen molar-refractivity contribution in [2.75, 3.05) is 26.9 Å². The Balaban J connectivity index is 2.52. The molecule has 1 N–H and O–H groups in total. The second-order valence-corrected chi connectivity index (χ2v) is 3.14. The van der Waals surface area contributed by atoms with E-state index in [4.69, 9.17) is 4.74 Å². The Hall–Kier alpha value is -0.450. The molecule has 1 fully saturated rings. The minimum absolute atomic E-state index is 0.0336. The van der Waals surface area contributed by atoms with Gasteiger partial charge in [-0.05, 0) is 6.92 Å². The molecule has 4 heteroatoms. The molecule has 1 rings (SSSR count). The van der Waals surface area contributed by atoms with E-state index >= 15 is 0 Å². The molecule has 1 aliphatic rings. The molecule has 0 aromatic carbocycles. The van der Waals surface area contributed by atoms with Gasteiger partial charge in [0, 0.05) is 26.2 Å². The zero-order valence-corrected chi connectivity index (χ0v) is 7.62. The molecule has 70 valence electrons. The number of piperazine rings is 1. The summed E-state index contributed by atoms with van der Waals surface area (Å²) in [5.41, 5.74) is 0. The number of hydrogen-bond donors (Lipinski definition) is 1. The molecule has 1 heterocycles. The first-order valence-electron chi connectivity index (χ1n) is 4.20. The molecule has 2 atom stereocenters. The van der Waals surface area contributed by atoms with Crippen LogP contribution in [0.15, 0.2) is 0 Å². The van der Waals surface area contributed by atoms with E-state index in [-0.39, 0.29) is 6.04 Å². The van der Waals surface area contributed by atoms with Crippen LogP contribution in [0.3, 0.4) is 0 Å². The molecule has 12 heavy (non-hydrogen) atoms. The number of rotatable bonds is 3. The summed E-state index contributed by atoms with van der Waals surface area (Å²) in [6.07, 6.45) is 0.974. The van der Waals surface area contributed by atoms with Gasteiger partial charge in [-0.3, -0.25) is 4.90 Å². The summed E-state index contributed by atoms with van der Waals surface area (Å²) in [5.74, 6) is 0.